The third kappa shape index (κ3) is 5.72. The summed E-state index contributed by atoms with van der Waals surface area (Å²) in [6.07, 6.45) is 2.87. The number of carbonyl (C=O) groups excluding carboxylic acids is 2. The Labute approximate surface area is 112 Å². The molecule has 0 aliphatic heterocycles. The Morgan fingerprint density at radius 1 is 1.37 bits per heavy atom. The van der Waals surface area contributed by atoms with Gasteiger partial charge in [-0.3, -0.25) is 4.79 Å². The number of likely N-dealkylation sites (N-methyl/N-ethyl adjacent to an activating group) is 1. The highest BCUT2D eigenvalue weighted by molar-refractivity contribution is 5.89. The number of amides is 1. The van der Waals surface area contributed by atoms with Gasteiger partial charge in [-0.1, -0.05) is 12.1 Å². The number of carbonyl (C=O) groups is 2. The maximum Gasteiger partial charge on any atom is 0.331 e. The maximum atomic E-state index is 11.4. The number of rotatable bonds is 6. The van der Waals surface area contributed by atoms with Crippen molar-refractivity contribution in [3.05, 3.63) is 35.9 Å². The van der Waals surface area contributed by atoms with Crippen LogP contribution in [-0.4, -0.2) is 32.1 Å². The molecular weight excluding hydrogens is 246 g/mol. The molecule has 0 spiro atoms. The van der Waals surface area contributed by atoms with E-state index >= 15 is 0 Å². The van der Waals surface area contributed by atoms with E-state index in [9.17, 15) is 9.59 Å². The Morgan fingerprint density at radius 3 is 2.84 bits per heavy atom. The minimum absolute atomic E-state index is 0.269. The maximum absolute atomic E-state index is 11.4. The highest BCUT2D eigenvalue weighted by atomic mass is 16.5. The normalized spacial score (nSPS) is 10.2. The van der Waals surface area contributed by atoms with Gasteiger partial charge in [0.2, 0.25) is 0 Å². The van der Waals surface area contributed by atoms with Crippen LogP contribution in [0.2, 0.25) is 0 Å². The quantitative estimate of drug-likeness (QED) is 0.622. The molecule has 5 nitrogen and oxygen atoms in total. The first kappa shape index (κ1) is 14.8. The molecule has 1 aromatic rings. The summed E-state index contributed by atoms with van der Waals surface area (Å²) in [6.45, 7) is 2.04. The van der Waals surface area contributed by atoms with E-state index in [-0.39, 0.29) is 12.5 Å². The predicted octanol–water partition coefficient (Wildman–Crippen LogP) is 1.39. The van der Waals surface area contributed by atoms with Crippen molar-refractivity contribution >= 4 is 18.0 Å². The second kappa shape index (κ2) is 7.92. The highest BCUT2D eigenvalue weighted by Crippen LogP contribution is 2.13. The first-order valence-electron chi connectivity index (χ1n) is 5.91. The number of hydrogen-bond donors (Lipinski definition) is 1. The lowest BCUT2D eigenvalue weighted by molar-refractivity contribution is -0.143. The van der Waals surface area contributed by atoms with Gasteiger partial charge < -0.3 is 14.8 Å². The van der Waals surface area contributed by atoms with E-state index in [1.54, 1.807) is 26.2 Å². The minimum atomic E-state index is -0.561. The van der Waals surface area contributed by atoms with Crippen molar-refractivity contribution in [3.63, 3.8) is 0 Å². The largest absolute Gasteiger partial charge is 0.497 e. The first-order valence-corrected chi connectivity index (χ1v) is 5.91. The molecule has 1 rings (SSSR count). The van der Waals surface area contributed by atoms with Gasteiger partial charge in [-0.05, 0) is 30.7 Å². The van der Waals surface area contributed by atoms with Gasteiger partial charge in [-0.25, -0.2) is 4.79 Å². The molecular formula is C14H17NO4. The van der Waals surface area contributed by atoms with E-state index < -0.39 is 5.97 Å². The van der Waals surface area contributed by atoms with E-state index in [0.717, 1.165) is 5.56 Å². The van der Waals surface area contributed by atoms with Crippen LogP contribution in [0.1, 0.15) is 12.5 Å². The number of esters is 1. The molecule has 102 valence electrons. The van der Waals surface area contributed by atoms with E-state index in [4.69, 9.17) is 9.47 Å². The van der Waals surface area contributed by atoms with Gasteiger partial charge in [0.1, 0.15) is 5.75 Å². The average molecular weight is 263 g/mol. The average Bonchev–Trinajstić information content (AvgIpc) is 2.43. The van der Waals surface area contributed by atoms with Crippen LogP contribution in [0.25, 0.3) is 6.08 Å². The molecule has 1 N–H and O–H groups in total. The Hall–Kier alpha value is -2.30. The lowest BCUT2D eigenvalue weighted by atomic mass is 10.2. The molecule has 0 bridgehead atoms. The number of methoxy groups -OCH3 is 1. The molecule has 0 saturated heterocycles. The van der Waals surface area contributed by atoms with Gasteiger partial charge in [-0.15, -0.1) is 0 Å². The first-order chi connectivity index (χ1) is 9.15. The zero-order valence-corrected chi connectivity index (χ0v) is 11.0. The molecule has 0 radical (unpaired) electrons. The number of ether oxygens (including phenoxy) is 2. The smallest absolute Gasteiger partial charge is 0.331 e. The van der Waals surface area contributed by atoms with Crippen molar-refractivity contribution in [2.24, 2.45) is 0 Å². The summed E-state index contributed by atoms with van der Waals surface area (Å²) >= 11 is 0. The van der Waals surface area contributed by atoms with Gasteiger partial charge in [-0.2, -0.15) is 0 Å². The Bertz CT molecular complexity index is 468. The van der Waals surface area contributed by atoms with Gasteiger partial charge in [0, 0.05) is 12.6 Å². The van der Waals surface area contributed by atoms with Crippen LogP contribution >= 0.6 is 0 Å². The number of nitrogens with one attached hydrogen (secondary N) is 1. The minimum Gasteiger partial charge on any atom is -0.497 e. The molecule has 19 heavy (non-hydrogen) atoms. The topological polar surface area (TPSA) is 64.6 Å². The summed E-state index contributed by atoms with van der Waals surface area (Å²) in [5.41, 5.74) is 0.814. The fourth-order valence-electron chi connectivity index (χ4n) is 1.34. The van der Waals surface area contributed by atoms with E-state index in [1.807, 2.05) is 18.2 Å². The monoisotopic (exact) mass is 263 g/mol. The Balaban J connectivity index is 2.47. The molecule has 0 unspecified atom stereocenters. The van der Waals surface area contributed by atoms with Crippen molar-refractivity contribution in [2.45, 2.75) is 6.92 Å². The van der Waals surface area contributed by atoms with Crippen LogP contribution in [-0.2, 0) is 14.3 Å². The highest BCUT2D eigenvalue weighted by Gasteiger charge is 2.03. The number of benzene rings is 1. The Morgan fingerprint density at radius 2 is 2.16 bits per heavy atom. The van der Waals surface area contributed by atoms with Gasteiger partial charge in [0.25, 0.3) is 5.91 Å². The fraction of sp³-hybridized carbons (Fsp3) is 0.286. The van der Waals surface area contributed by atoms with Crippen LogP contribution in [0, 0.1) is 0 Å². The van der Waals surface area contributed by atoms with Crippen LogP contribution in [0.4, 0.5) is 0 Å². The molecule has 0 aromatic heterocycles. The standard InChI is InChI=1S/C14H17NO4/c1-3-15-13(16)10-19-14(17)8-7-11-5-4-6-12(9-11)18-2/h4-9H,3,10H2,1-2H3,(H,15,16)/b8-7+. The second-order valence-electron chi connectivity index (χ2n) is 3.67. The zero-order valence-electron chi connectivity index (χ0n) is 11.0. The van der Waals surface area contributed by atoms with E-state index in [2.05, 4.69) is 5.32 Å². The third-order valence-electron chi connectivity index (χ3n) is 2.23. The summed E-state index contributed by atoms with van der Waals surface area (Å²) in [5.74, 6) is -0.169. The van der Waals surface area contributed by atoms with Crippen molar-refractivity contribution < 1.29 is 19.1 Å². The summed E-state index contributed by atoms with van der Waals surface area (Å²) < 4.78 is 9.83. The van der Waals surface area contributed by atoms with Crippen molar-refractivity contribution in [1.82, 2.24) is 5.32 Å². The molecule has 1 aromatic carbocycles. The third-order valence-corrected chi connectivity index (χ3v) is 2.23. The fourth-order valence-corrected chi connectivity index (χ4v) is 1.34. The lowest BCUT2D eigenvalue weighted by Crippen LogP contribution is -2.28. The summed E-state index contributed by atoms with van der Waals surface area (Å²) in [5, 5.41) is 2.53. The van der Waals surface area contributed by atoms with Crippen molar-refractivity contribution in [2.75, 3.05) is 20.3 Å². The van der Waals surface area contributed by atoms with Crippen LogP contribution < -0.4 is 10.1 Å². The van der Waals surface area contributed by atoms with Gasteiger partial charge >= 0.3 is 5.97 Å². The molecule has 5 heteroatoms. The lowest BCUT2D eigenvalue weighted by Gasteiger charge is -2.02. The molecule has 1 amide bonds. The van der Waals surface area contributed by atoms with Crippen molar-refractivity contribution in [1.29, 1.82) is 0 Å². The summed E-state index contributed by atoms with van der Waals surface area (Å²) in [7, 11) is 1.57. The van der Waals surface area contributed by atoms with Crippen LogP contribution in [0.3, 0.4) is 0 Å². The van der Waals surface area contributed by atoms with Crippen LogP contribution in [0.5, 0.6) is 5.75 Å². The summed E-state index contributed by atoms with van der Waals surface area (Å²) in [6, 6.07) is 7.24. The van der Waals surface area contributed by atoms with Gasteiger partial charge in [0.15, 0.2) is 6.61 Å². The number of hydrogen-bond acceptors (Lipinski definition) is 4. The molecule has 0 heterocycles. The van der Waals surface area contributed by atoms with Crippen molar-refractivity contribution in [3.8, 4) is 5.75 Å². The molecule has 0 aliphatic carbocycles. The SMILES string of the molecule is CCNC(=O)COC(=O)/C=C/c1cccc(OC)c1. The van der Waals surface area contributed by atoms with E-state index in [0.29, 0.717) is 12.3 Å². The predicted molar refractivity (Wildman–Crippen MR) is 71.7 cm³/mol. The zero-order chi connectivity index (χ0) is 14.1. The molecule has 0 saturated carbocycles. The molecule has 0 aliphatic rings. The summed E-state index contributed by atoms with van der Waals surface area (Å²) in [4.78, 5) is 22.4. The second-order valence-corrected chi connectivity index (χ2v) is 3.67. The molecule has 0 fully saturated rings. The van der Waals surface area contributed by atoms with Gasteiger partial charge in [0.05, 0.1) is 7.11 Å². The van der Waals surface area contributed by atoms with Crippen LogP contribution in [0.15, 0.2) is 30.3 Å². The molecule has 0 atom stereocenters. The van der Waals surface area contributed by atoms with E-state index in [1.165, 1.54) is 6.08 Å². The Kier molecular flexibility index (Phi) is 6.15.